The molecule has 0 spiro atoms. The predicted molar refractivity (Wildman–Crippen MR) is 68.8 cm³/mol. The third-order valence-electron chi connectivity index (χ3n) is 2.85. The fraction of sp³-hybridized carbons (Fsp3) is 0.500. The van der Waals surface area contributed by atoms with Gasteiger partial charge in [-0.05, 0) is 30.0 Å². The van der Waals surface area contributed by atoms with Gasteiger partial charge in [0.2, 0.25) is 0 Å². The average molecular weight is 249 g/mol. The van der Waals surface area contributed by atoms with Crippen LogP contribution in [0.4, 0.5) is 0 Å². The van der Waals surface area contributed by atoms with Crippen molar-refractivity contribution in [2.24, 2.45) is 11.0 Å². The Hall–Kier alpha value is -1.16. The molecule has 4 nitrogen and oxygen atoms in total. The third-order valence-corrected chi connectivity index (χ3v) is 3.98. The van der Waals surface area contributed by atoms with Crippen LogP contribution < -0.4 is 0 Å². The van der Waals surface area contributed by atoms with Gasteiger partial charge < -0.3 is 4.74 Å². The molecule has 2 rings (SSSR count). The lowest BCUT2D eigenvalue weighted by molar-refractivity contribution is 0.0284. The number of nitrogens with zero attached hydrogens (tertiary/aromatic N) is 3. The van der Waals surface area contributed by atoms with Gasteiger partial charge in [-0.15, -0.1) is 0 Å². The largest absolute Gasteiger partial charge is 0.367 e. The highest BCUT2D eigenvalue weighted by Crippen LogP contribution is 2.33. The maximum absolute atomic E-state index is 8.52. The molecule has 0 saturated carbocycles. The Bertz CT molecular complexity index is 405. The lowest BCUT2D eigenvalue weighted by Gasteiger charge is -2.31. The van der Waals surface area contributed by atoms with Crippen LogP contribution in [-0.2, 0) is 4.74 Å². The second kappa shape index (κ2) is 5.96. The molecule has 0 aliphatic carbocycles. The topological polar surface area (TPSA) is 58.0 Å². The summed E-state index contributed by atoms with van der Waals surface area (Å²) in [4.78, 5) is 4.10. The molecule has 1 aliphatic heterocycles. The Labute approximate surface area is 105 Å². The second-order valence-electron chi connectivity index (χ2n) is 4.18. The quantitative estimate of drug-likeness (QED) is 0.464. The zero-order valence-electron chi connectivity index (χ0n) is 9.69. The first-order valence-corrected chi connectivity index (χ1v) is 6.55. The zero-order valence-corrected chi connectivity index (χ0v) is 10.5. The fourth-order valence-corrected chi connectivity index (χ4v) is 2.89. The van der Waals surface area contributed by atoms with E-state index in [1.807, 2.05) is 18.2 Å². The van der Waals surface area contributed by atoms with Gasteiger partial charge in [-0.3, -0.25) is 0 Å². The minimum Gasteiger partial charge on any atom is -0.367 e. The molecule has 1 aliphatic rings. The maximum Gasteiger partial charge on any atom is 0.108 e. The summed E-state index contributed by atoms with van der Waals surface area (Å²) in [6, 6.07) is 10.2. The molecule has 0 bridgehead atoms. The van der Waals surface area contributed by atoms with Crippen LogP contribution in [-0.4, -0.2) is 18.1 Å². The van der Waals surface area contributed by atoms with E-state index < -0.39 is 0 Å². The summed E-state index contributed by atoms with van der Waals surface area (Å²) in [5.41, 5.74) is 8.61. The van der Waals surface area contributed by atoms with Crippen LogP contribution in [0.3, 0.4) is 0 Å². The number of benzene rings is 1. The molecule has 0 unspecified atom stereocenters. The molecule has 0 amide bonds. The smallest absolute Gasteiger partial charge is 0.108 e. The number of azide groups is 1. The van der Waals surface area contributed by atoms with Crippen LogP contribution in [0.15, 0.2) is 40.3 Å². The minimum absolute atomic E-state index is 0.0509. The fourth-order valence-electron chi connectivity index (χ4n) is 1.83. The minimum atomic E-state index is 0.0509. The summed E-state index contributed by atoms with van der Waals surface area (Å²) in [5.74, 6) is 0.304. The number of hydrogen-bond donors (Lipinski definition) is 0. The Morgan fingerprint density at radius 2 is 2.18 bits per heavy atom. The van der Waals surface area contributed by atoms with Crippen LogP contribution >= 0.6 is 11.8 Å². The van der Waals surface area contributed by atoms with E-state index in [0.29, 0.717) is 12.5 Å². The summed E-state index contributed by atoms with van der Waals surface area (Å²) < 4.78 is 5.75. The molecule has 90 valence electrons. The number of hydrogen-bond acceptors (Lipinski definition) is 3. The third kappa shape index (κ3) is 3.40. The van der Waals surface area contributed by atoms with E-state index in [2.05, 4.69) is 29.1 Å². The van der Waals surface area contributed by atoms with Gasteiger partial charge in [-0.1, -0.05) is 42.0 Å². The molecule has 1 aromatic rings. The van der Waals surface area contributed by atoms with Crippen molar-refractivity contribution in [3.05, 3.63) is 40.8 Å². The molecular weight excluding hydrogens is 234 g/mol. The molecule has 17 heavy (non-hydrogen) atoms. The summed E-state index contributed by atoms with van der Waals surface area (Å²) in [6.45, 7) is 2.72. The van der Waals surface area contributed by atoms with E-state index in [4.69, 9.17) is 10.3 Å². The standard InChI is InChI=1S/C12H15N3OS/c1-9-8-16-12(7-11(9)14-15-13)17-10-5-3-2-4-6-10/h2-6,9,11-12H,7-8H2,1H3/t9-,11+,12+/m0/s1. The summed E-state index contributed by atoms with van der Waals surface area (Å²) in [5, 5.41) is 3.84. The van der Waals surface area contributed by atoms with Gasteiger partial charge >= 0.3 is 0 Å². The highest BCUT2D eigenvalue weighted by molar-refractivity contribution is 7.99. The molecule has 1 saturated heterocycles. The number of thioether (sulfide) groups is 1. The molecule has 3 atom stereocenters. The molecule has 0 aromatic heterocycles. The Balaban J connectivity index is 1.97. The van der Waals surface area contributed by atoms with Crippen molar-refractivity contribution in [3.63, 3.8) is 0 Å². The molecule has 5 heteroatoms. The first kappa shape index (κ1) is 12.3. The maximum atomic E-state index is 8.52. The Morgan fingerprint density at radius 1 is 1.41 bits per heavy atom. The van der Waals surface area contributed by atoms with Gasteiger partial charge in [0, 0.05) is 15.8 Å². The second-order valence-corrected chi connectivity index (χ2v) is 5.41. The van der Waals surface area contributed by atoms with E-state index >= 15 is 0 Å². The van der Waals surface area contributed by atoms with Crippen molar-refractivity contribution in [3.8, 4) is 0 Å². The SMILES string of the molecule is C[C@H]1CO[C@H](Sc2ccccc2)C[C@H]1N=[N+]=[N-]. The van der Waals surface area contributed by atoms with Crippen molar-refractivity contribution in [2.45, 2.75) is 29.7 Å². The van der Waals surface area contributed by atoms with Crippen LogP contribution in [0.2, 0.25) is 0 Å². The van der Waals surface area contributed by atoms with E-state index in [-0.39, 0.29) is 11.5 Å². The molecule has 1 fully saturated rings. The summed E-state index contributed by atoms with van der Waals surface area (Å²) in [6.07, 6.45) is 0.783. The molecule has 0 radical (unpaired) electrons. The van der Waals surface area contributed by atoms with E-state index in [9.17, 15) is 0 Å². The summed E-state index contributed by atoms with van der Waals surface area (Å²) >= 11 is 1.69. The van der Waals surface area contributed by atoms with Crippen molar-refractivity contribution in [1.82, 2.24) is 0 Å². The number of ether oxygens (including phenoxy) is 1. The lowest BCUT2D eigenvalue weighted by Crippen LogP contribution is -2.32. The molecule has 0 N–H and O–H groups in total. The highest BCUT2D eigenvalue weighted by atomic mass is 32.2. The predicted octanol–water partition coefficient (Wildman–Crippen LogP) is 3.84. The first-order valence-electron chi connectivity index (χ1n) is 5.67. The van der Waals surface area contributed by atoms with E-state index in [1.165, 1.54) is 4.90 Å². The van der Waals surface area contributed by atoms with Crippen molar-refractivity contribution >= 4 is 11.8 Å². The average Bonchev–Trinajstić information content (AvgIpc) is 2.35. The first-order chi connectivity index (χ1) is 8.29. The van der Waals surface area contributed by atoms with Gasteiger partial charge in [0.25, 0.3) is 0 Å². The Kier molecular flexibility index (Phi) is 4.31. The van der Waals surface area contributed by atoms with E-state index in [1.54, 1.807) is 11.8 Å². The Morgan fingerprint density at radius 3 is 2.88 bits per heavy atom. The van der Waals surface area contributed by atoms with Gasteiger partial charge in [-0.2, -0.15) is 0 Å². The van der Waals surface area contributed by atoms with E-state index in [0.717, 1.165) is 6.42 Å². The van der Waals surface area contributed by atoms with Crippen LogP contribution in [0, 0.1) is 5.92 Å². The molecule has 1 aromatic carbocycles. The normalized spacial score (nSPS) is 28.4. The highest BCUT2D eigenvalue weighted by Gasteiger charge is 2.28. The zero-order chi connectivity index (χ0) is 12.1. The van der Waals surface area contributed by atoms with Crippen molar-refractivity contribution in [1.29, 1.82) is 0 Å². The van der Waals surface area contributed by atoms with Gasteiger partial charge in [0.05, 0.1) is 6.61 Å². The van der Waals surface area contributed by atoms with Crippen LogP contribution in [0.5, 0.6) is 0 Å². The lowest BCUT2D eigenvalue weighted by atomic mass is 9.99. The van der Waals surface area contributed by atoms with Gasteiger partial charge in [-0.25, -0.2) is 0 Å². The van der Waals surface area contributed by atoms with Crippen LogP contribution in [0.1, 0.15) is 13.3 Å². The monoisotopic (exact) mass is 249 g/mol. The number of rotatable bonds is 3. The molecule has 1 heterocycles. The summed E-state index contributed by atoms with van der Waals surface area (Å²) in [7, 11) is 0. The van der Waals surface area contributed by atoms with Gasteiger partial charge in [0.15, 0.2) is 0 Å². The van der Waals surface area contributed by atoms with Crippen molar-refractivity contribution in [2.75, 3.05) is 6.61 Å². The molecular formula is C12H15N3OS. The van der Waals surface area contributed by atoms with Gasteiger partial charge in [0.1, 0.15) is 5.44 Å². The van der Waals surface area contributed by atoms with Crippen LogP contribution in [0.25, 0.3) is 10.4 Å². The van der Waals surface area contributed by atoms with Crippen molar-refractivity contribution < 1.29 is 4.74 Å².